The van der Waals surface area contributed by atoms with E-state index in [9.17, 15) is 10.1 Å². The minimum Gasteiger partial charge on any atom is -0.388 e. The van der Waals surface area contributed by atoms with Crippen LogP contribution in [0.4, 0.5) is 5.82 Å². The molecule has 7 nitrogen and oxygen atoms in total. The number of aryl methyl sites for hydroxylation is 2. The van der Waals surface area contributed by atoms with E-state index in [2.05, 4.69) is 62.3 Å². The Bertz CT molecular complexity index is 1430. The lowest BCUT2D eigenvalue weighted by Crippen LogP contribution is -2.35. The number of carbonyl (C=O) groups excluding carboxylic acids is 1. The number of allylic oxidation sites excluding steroid dienone is 4. The molecule has 1 atom stereocenters. The minimum atomic E-state index is 0.107. The average molecular weight is 677 g/mol. The highest BCUT2D eigenvalue weighted by atomic mass is 35.5. The first kappa shape index (κ1) is 36.7. The summed E-state index contributed by atoms with van der Waals surface area (Å²) in [7, 11) is 3.25. The summed E-state index contributed by atoms with van der Waals surface area (Å²) in [6.45, 7) is 5.78. The number of nitriles is 1. The highest BCUT2D eigenvalue weighted by molar-refractivity contribution is 6.67. The molecule has 3 aliphatic rings. The fourth-order valence-electron chi connectivity index (χ4n) is 6.42. The molecule has 1 aromatic carbocycles. The predicted molar refractivity (Wildman–Crippen MR) is 196 cm³/mol. The van der Waals surface area contributed by atoms with Crippen LogP contribution in [-0.2, 0) is 22.4 Å². The number of nitrogens with zero attached hydrogens (tertiary/aromatic N) is 4. The molecular weight excluding hydrogens is 628 g/mol. The van der Waals surface area contributed by atoms with Gasteiger partial charge in [0.05, 0.1) is 0 Å². The van der Waals surface area contributed by atoms with Gasteiger partial charge in [-0.15, -0.1) is 0 Å². The summed E-state index contributed by atoms with van der Waals surface area (Å²) in [5.41, 5.74) is 5.67. The van der Waals surface area contributed by atoms with E-state index < -0.39 is 0 Å². The number of nitrogens with one attached hydrogen (secondary N) is 1. The SMILES string of the molecule is COC.N#CB1CCN(C(/C=C/CCC=O)=C/C(=C\CN2CC[C@@H](CCc3ccc4c(n3)NCCC4)C2)c2cc(Cl)cc(Cl)c2)CC1. The zero-order chi connectivity index (χ0) is 33.4. The standard InChI is InChI=1S/C35H42BCl2N5O.C2H6O/c37-31-21-30(22-32(38)24-31)29(23-34(6-2-1-3-20-44)43-18-13-36(26-39)14-19-43)12-17-42-16-11-27(25-42)7-9-33-10-8-28-5-4-15-40-35(28)41-33;1-3-2/h2,6,8,10,12,20-24,27H,1,3-5,7,9,11,13-19,25H2,(H,40,41);1-2H3/b6-2+,29-12+,34-23+;/t27-;/m1./s1. The smallest absolute Gasteiger partial charge is 0.271 e. The highest BCUT2D eigenvalue weighted by Gasteiger charge is 2.24. The summed E-state index contributed by atoms with van der Waals surface area (Å²) in [6.07, 6.45) is 18.2. The quantitative estimate of drug-likeness (QED) is 0.107. The first-order valence-corrected chi connectivity index (χ1v) is 17.7. The molecule has 0 unspecified atom stereocenters. The van der Waals surface area contributed by atoms with Gasteiger partial charge in [-0.25, -0.2) is 10.2 Å². The van der Waals surface area contributed by atoms with Gasteiger partial charge in [-0.05, 0) is 117 Å². The van der Waals surface area contributed by atoms with E-state index >= 15 is 0 Å². The molecule has 10 heteroatoms. The van der Waals surface area contributed by atoms with Crippen molar-refractivity contribution in [2.45, 2.75) is 57.6 Å². The van der Waals surface area contributed by atoms with E-state index in [4.69, 9.17) is 28.2 Å². The van der Waals surface area contributed by atoms with Gasteiger partial charge >= 0.3 is 0 Å². The zero-order valence-corrected chi connectivity index (χ0v) is 29.4. The lowest BCUT2D eigenvalue weighted by molar-refractivity contribution is -0.107. The molecule has 4 heterocycles. The molecule has 0 bridgehead atoms. The van der Waals surface area contributed by atoms with Gasteiger partial charge in [-0.3, -0.25) is 4.90 Å². The van der Waals surface area contributed by atoms with E-state index in [1.165, 1.54) is 24.1 Å². The number of hydrogen-bond acceptors (Lipinski definition) is 7. The molecule has 0 aliphatic carbocycles. The average Bonchev–Trinajstić information content (AvgIpc) is 3.54. The van der Waals surface area contributed by atoms with Crippen LogP contribution < -0.4 is 5.32 Å². The number of anilines is 1. The molecule has 0 radical (unpaired) electrons. The fraction of sp³-hybridized carbons (Fsp3) is 0.486. The zero-order valence-electron chi connectivity index (χ0n) is 27.9. The fourth-order valence-corrected chi connectivity index (χ4v) is 6.95. The maximum Gasteiger partial charge on any atom is 0.271 e. The van der Waals surface area contributed by atoms with Gasteiger partial charge in [0, 0.05) is 80.8 Å². The van der Waals surface area contributed by atoms with Crippen LogP contribution in [0, 0.1) is 17.1 Å². The van der Waals surface area contributed by atoms with Crippen molar-refractivity contribution >= 4 is 47.6 Å². The van der Waals surface area contributed by atoms with Crippen LogP contribution in [0.2, 0.25) is 22.7 Å². The molecule has 47 heavy (non-hydrogen) atoms. The number of rotatable bonds is 12. The summed E-state index contributed by atoms with van der Waals surface area (Å²) in [6, 6.07) is 10.2. The molecule has 250 valence electrons. The Kier molecular flexibility index (Phi) is 15.4. The van der Waals surface area contributed by atoms with Gasteiger partial charge in [-0.2, -0.15) is 0 Å². The number of hydrogen-bond donors (Lipinski definition) is 1. The summed E-state index contributed by atoms with van der Waals surface area (Å²) < 4.78 is 4.25. The molecule has 2 aromatic rings. The van der Waals surface area contributed by atoms with Crippen molar-refractivity contribution in [3.63, 3.8) is 0 Å². The predicted octanol–water partition coefficient (Wildman–Crippen LogP) is 7.64. The second-order valence-corrected chi connectivity index (χ2v) is 13.5. The third-order valence-electron chi connectivity index (χ3n) is 8.98. The molecule has 1 aromatic heterocycles. The molecule has 0 spiro atoms. The number of aromatic nitrogens is 1. The topological polar surface area (TPSA) is 81.5 Å². The number of carbonyl (C=O) groups is 1. The maximum atomic E-state index is 10.9. The monoisotopic (exact) mass is 675 g/mol. The summed E-state index contributed by atoms with van der Waals surface area (Å²) in [4.78, 5) is 20.7. The van der Waals surface area contributed by atoms with Crippen LogP contribution in [-0.4, -0.2) is 81.3 Å². The maximum absolute atomic E-state index is 10.9. The summed E-state index contributed by atoms with van der Waals surface area (Å²) >= 11 is 12.9. The Morgan fingerprint density at radius 2 is 1.91 bits per heavy atom. The van der Waals surface area contributed by atoms with Gasteiger partial charge in [0.25, 0.3) is 6.71 Å². The number of unbranched alkanes of at least 4 members (excludes halogenated alkanes) is 1. The van der Waals surface area contributed by atoms with E-state index in [0.29, 0.717) is 28.8 Å². The minimum absolute atomic E-state index is 0.107. The Balaban J connectivity index is 0.00000160. The van der Waals surface area contributed by atoms with Gasteiger partial charge < -0.3 is 19.7 Å². The molecule has 5 rings (SSSR count). The lowest BCUT2D eigenvalue weighted by Gasteiger charge is -2.31. The molecule has 2 fully saturated rings. The van der Waals surface area contributed by atoms with Gasteiger partial charge in [0.15, 0.2) is 0 Å². The second kappa shape index (κ2) is 19.7. The molecule has 1 N–H and O–H groups in total. The number of benzene rings is 1. The van der Waals surface area contributed by atoms with Crippen molar-refractivity contribution in [3.05, 3.63) is 87.2 Å². The molecule has 2 saturated heterocycles. The number of fused-ring (bicyclic) bond motifs is 1. The number of methoxy groups -OCH3 is 1. The Labute approximate surface area is 291 Å². The normalized spacial score (nSPS) is 18.7. The van der Waals surface area contributed by atoms with Crippen LogP contribution in [0.5, 0.6) is 0 Å². The number of halogens is 2. The Morgan fingerprint density at radius 3 is 2.64 bits per heavy atom. The van der Waals surface area contributed by atoms with E-state index in [0.717, 1.165) is 100 Å². The summed E-state index contributed by atoms with van der Waals surface area (Å²) in [5, 5.41) is 14.1. The van der Waals surface area contributed by atoms with Crippen molar-refractivity contribution < 1.29 is 9.53 Å². The van der Waals surface area contributed by atoms with Crippen molar-refractivity contribution in [2.75, 3.05) is 58.8 Å². The van der Waals surface area contributed by atoms with Crippen molar-refractivity contribution in [1.82, 2.24) is 14.8 Å². The van der Waals surface area contributed by atoms with E-state index in [-0.39, 0.29) is 6.71 Å². The first-order chi connectivity index (χ1) is 22.9. The molecule has 3 aliphatic heterocycles. The van der Waals surface area contributed by atoms with Crippen LogP contribution in [0.1, 0.15) is 48.9 Å². The van der Waals surface area contributed by atoms with Gasteiger partial charge in [-0.1, -0.05) is 41.4 Å². The van der Waals surface area contributed by atoms with Crippen LogP contribution >= 0.6 is 23.2 Å². The third kappa shape index (κ3) is 11.8. The number of ether oxygens (including phenoxy) is 1. The molecule has 0 amide bonds. The Morgan fingerprint density at radius 1 is 1.15 bits per heavy atom. The number of aldehydes is 1. The van der Waals surface area contributed by atoms with Crippen molar-refractivity contribution in [3.8, 4) is 5.97 Å². The second-order valence-electron chi connectivity index (χ2n) is 12.6. The van der Waals surface area contributed by atoms with E-state index in [1.54, 1.807) is 20.3 Å². The summed E-state index contributed by atoms with van der Waals surface area (Å²) in [5.74, 6) is 4.18. The molecular formula is C37H48BCl2N5O2. The van der Waals surface area contributed by atoms with Crippen LogP contribution in [0.25, 0.3) is 5.57 Å². The van der Waals surface area contributed by atoms with Crippen molar-refractivity contribution in [1.29, 1.82) is 5.26 Å². The van der Waals surface area contributed by atoms with Crippen LogP contribution in [0.15, 0.2) is 60.3 Å². The highest BCUT2D eigenvalue weighted by Crippen LogP contribution is 2.29. The van der Waals surface area contributed by atoms with Gasteiger partial charge in [0.2, 0.25) is 0 Å². The first-order valence-electron chi connectivity index (χ1n) is 16.9. The van der Waals surface area contributed by atoms with E-state index in [1.807, 2.05) is 12.1 Å². The third-order valence-corrected chi connectivity index (χ3v) is 9.42. The molecule has 0 saturated carbocycles. The number of pyridine rings is 1. The lowest BCUT2D eigenvalue weighted by atomic mass is 9.45. The van der Waals surface area contributed by atoms with Crippen LogP contribution in [0.3, 0.4) is 0 Å². The number of likely N-dealkylation sites (tertiary alicyclic amines) is 1. The largest absolute Gasteiger partial charge is 0.388 e. The Hall–Kier alpha value is -3.09. The van der Waals surface area contributed by atoms with Gasteiger partial charge in [0.1, 0.15) is 12.1 Å². The van der Waals surface area contributed by atoms with Crippen molar-refractivity contribution in [2.24, 2.45) is 5.92 Å².